The average Bonchev–Trinajstić information content (AvgIpc) is 2.60. The first-order chi connectivity index (χ1) is 8.01. The summed E-state index contributed by atoms with van der Waals surface area (Å²) >= 11 is 0. The lowest BCUT2D eigenvalue weighted by molar-refractivity contribution is 0.207. The standard InChI is InChI=1S/C13H25N3O/c1-6-16-12(5)13(11(4)15-16)7-14-10(3)9(2)8-17/h9-10,14,17H,6-8H2,1-5H3. The number of hydrogen-bond acceptors (Lipinski definition) is 3. The molecule has 0 saturated carbocycles. The van der Waals surface area contributed by atoms with Crippen LogP contribution < -0.4 is 5.32 Å². The first kappa shape index (κ1) is 14.2. The molecule has 2 N–H and O–H groups in total. The van der Waals surface area contributed by atoms with E-state index in [1.165, 1.54) is 11.3 Å². The van der Waals surface area contributed by atoms with Gasteiger partial charge in [0, 0.05) is 37.0 Å². The molecular weight excluding hydrogens is 214 g/mol. The van der Waals surface area contributed by atoms with Crippen LogP contribution in [0.2, 0.25) is 0 Å². The number of nitrogens with zero attached hydrogens (tertiary/aromatic N) is 2. The smallest absolute Gasteiger partial charge is 0.0641 e. The molecule has 0 saturated heterocycles. The Labute approximate surface area is 104 Å². The van der Waals surface area contributed by atoms with Crippen molar-refractivity contribution in [3.8, 4) is 0 Å². The highest BCUT2D eigenvalue weighted by atomic mass is 16.3. The summed E-state index contributed by atoms with van der Waals surface area (Å²) < 4.78 is 2.03. The van der Waals surface area contributed by atoms with Crippen LogP contribution in [0.15, 0.2) is 0 Å². The molecule has 17 heavy (non-hydrogen) atoms. The summed E-state index contributed by atoms with van der Waals surface area (Å²) in [4.78, 5) is 0. The third kappa shape index (κ3) is 3.30. The minimum Gasteiger partial charge on any atom is -0.396 e. The molecule has 0 aliphatic heterocycles. The quantitative estimate of drug-likeness (QED) is 0.793. The van der Waals surface area contributed by atoms with Crippen LogP contribution in [0.25, 0.3) is 0 Å². The number of aromatic nitrogens is 2. The van der Waals surface area contributed by atoms with Gasteiger partial charge in [-0.2, -0.15) is 5.10 Å². The Morgan fingerprint density at radius 2 is 2.00 bits per heavy atom. The second-order valence-corrected chi connectivity index (χ2v) is 4.79. The zero-order valence-electron chi connectivity index (χ0n) is 11.6. The summed E-state index contributed by atoms with van der Waals surface area (Å²) in [6.07, 6.45) is 0. The van der Waals surface area contributed by atoms with Crippen molar-refractivity contribution in [2.45, 2.75) is 53.8 Å². The predicted octanol–water partition coefficient (Wildman–Crippen LogP) is 1.63. The van der Waals surface area contributed by atoms with Crippen LogP contribution in [-0.2, 0) is 13.1 Å². The average molecular weight is 239 g/mol. The van der Waals surface area contributed by atoms with Gasteiger partial charge in [0.05, 0.1) is 5.69 Å². The minimum absolute atomic E-state index is 0.223. The lowest BCUT2D eigenvalue weighted by Gasteiger charge is -2.19. The molecule has 1 rings (SSSR count). The van der Waals surface area contributed by atoms with E-state index in [4.69, 9.17) is 5.11 Å². The Balaban J connectivity index is 2.66. The fourth-order valence-corrected chi connectivity index (χ4v) is 1.92. The fraction of sp³-hybridized carbons (Fsp3) is 0.769. The van der Waals surface area contributed by atoms with Crippen molar-refractivity contribution in [1.82, 2.24) is 15.1 Å². The number of aliphatic hydroxyl groups excluding tert-OH is 1. The van der Waals surface area contributed by atoms with E-state index in [0.29, 0.717) is 6.04 Å². The minimum atomic E-state index is 0.223. The van der Waals surface area contributed by atoms with E-state index in [9.17, 15) is 0 Å². The zero-order chi connectivity index (χ0) is 13.0. The Bertz CT molecular complexity index is 360. The molecule has 0 amide bonds. The molecule has 1 aromatic heterocycles. The van der Waals surface area contributed by atoms with E-state index in [2.05, 4.69) is 38.1 Å². The van der Waals surface area contributed by atoms with Crippen molar-refractivity contribution < 1.29 is 5.11 Å². The molecule has 1 heterocycles. The number of nitrogens with one attached hydrogen (secondary N) is 1. The molecule has 4 nitrogen and oxygen atoms in total. The molecular formula is C13H25N3O. The highest BCUT2D eigenvalue weighted by Crippen LogP contribution is 2.13. The van der Waals surface area contributed by atoms with Crippen molar-refractivity contribution in [3.05, 3.63) is 17.0 Å². The Morgan fingerprint density at radius 1 is 1.35 bits per heavy atom. The topological polar surface area (TPSA) is 50.1 Å². The lowest BCUT2D eigenvalue weighted by Crippen LogP contribution is -2.33. The van der Waals surface area contributed by atoms with E-state index in [1.807, 2.05) is 11.6 Å². The molecule has 0 aromatic carbocycles. The summed E-state index contributed by atoms with van der Waals surface area (Å²) in [6.45, 7) is 12.4. The normalized spacial score (nSPS) is 14.9. The molecule has 0 fully saturated rings. The van der Waals surface area contributed by atoms with Gasteiger partial charge in [-0.25, -0.2) is 0 Å². The van der Waals surface area contributed by atoms with Crippen LogP contribution >= 0.6 is 0 Å². The molecule has 0 bridgehead atoms. The number of aliphatic hydroxyl groups is 1. The number of aryl methyl sites for hydroxylation is 2. The summed E-state index contributed by atoms with van der Waals surface area (Å²) in [6, 6.07) is 0.309. The van der Waals surface area contributed by atoms with Gasteiger partial charge in [0.15, 0.2) is 0 Å². The number of hydrogen-bond donors (Lipinski definition) is 2. The number of rotatable bonds is 6. The summed E-state index contributed by atoms with van der Waals surface area (Å²) in [5, 5.41) is 17.1. The van der Waals surface area contributed by atoms with Gasteiger partial charge in [0.1, 0.15) is 0 Å². The Hall–Kier alpha value is -0.870. The lowest BCUT2D eigenvalue weighted by atomic mass is 10.0. The van der Waals surface area contributed by atoms with Crippen molar-refractivity contribution in [2.24, 2.45) is 5.92 Å². The van der Waals surface area contributed by atoms with E-state index >= 15 is 0 Å². The van der Waals surface area contributed by atoms with E-state index in [-0.39, 0.29) is 12.5 Å². The highest BCUT2D eigenvalue weighted by Gasteiger charge is 2.14. The molecule has 2 atom stereocenters. The molecule has 1 aromatic rings. The van der Waals surface area contributed by atoms with Crippen LogP contribution in [-0.4, -0.2) is 27.5 Å². The van der Waals surface area contributed by atoms with Crippen molar-refractivity contribution in [1.29, 1.82) is 0 Å². The van der Waals surface area contributed by atoms with Crippen LogP contribution in [0.1, 0.15) is 37.7 Å². The summed E-state index contributed by atoms with van der Waals surface area (Å²) in [7, 11) is 0. The van der Waals surface area contributed by atoms with E-state index in [0.717, 1.165) is 18.8 Å². The van der Waals surface area contributed by atoms with E-state index in [1.54, 1.807) is 0 Å². The maximum Gasteiger partial charge on any atom is 0.0641 e. The third-order valence-electron chi connectivity index (χ3n) is 3.57. The predicted molar refractivity (Wildman–Crippen MR) is 69.9 cm³/mol. The van der Waals surface area contributed by atoms with Gasteiger partial charge in [-0.3, -0.25) is 4.68 Å². The third-order valence-corrected chi connectivity index (χ3v) is 3.57. The van der Waals surface area contributed by atoms with Crippen molar-refractivity contribution >= 4 is 0 Å². The SMILES string of the molecule is CCn1nc(C)c(CNC(C)C(C)CO)c1C. The Morgan fingerprint density at radius 3 is 2.47 bits per heavy atom. The molecule has 2 unspecified atom stereocenters. The molecule has 4 heteroatoms. The molecule has 0 radical (unpaired) electrons. The van der Waals surface area contributed by atoms with Gasteiger partial charge in [0.2, 0.25) is 0 Å². The van der Waals surface area contributed by atoms with E-state index < -0.39 is 0 Å². The highest BCUT2D eigenvalue weighted by molar-refractivity contribution is 5.24. The zero-order valence-corrected chi connectivity index (χ0v) is 11.6. The van der Waals surface area contributed by atoms with Crippen LogP contribution in [0.5, 0.6) is 0 Å². The largest absolute Gasteiger partial charge is 0.396 e. The molecule has 98 valence electrons. The monoisotopic (exact) mass is 239 g/mol. The first-order valence-corrected chi connectivity index (χ1v) is 6.38. The van der Waals surface area contributed by atoms with Gasteiger partial charge in [-0.1, -0.05) is 6.92 Å². The second kappa shape index (κ2) is 6.17. The van der Waals surface area contributed by atoms with Gasteiger partial charge < -0.3 is 10.4 Å². The van der Waals surface area contributed by atoms with Crippen molar-refractivity contribution in [3.63, 3.8) is 0 Å². The first-order valence-electron chi connectivity index (χ1n) is 6.38. The Kier molecular flexibility index (Phi) is 5.15. The molecule has 0 spiro atoms. The van der Waals surface area contributed by atoms with Gasteiger partial charge in [0.25, 0.3) is 0 Å². The summed E-state index contributed by atoms with van der Waals surface area (Å²) in [5.74, 6) is 0.275. The van der Waals surface area contributed by atoms with Crippen LogP contribution in [0.4, 0.5) is 0 Å². The summed E-state index contributed by atoms with van der Waals surface area (Å²) in [5.41, 5.74) is 3.62. The van der Waals surface area contributed by atoms with Gasteiger partial charge in [-0.05, 0) is 33.6 Å². The maximum atomic E-state index is 9.10. The molecule has 0 aliphatic rings. The van der Waals surface area contributed by atoms with Gasteiger partial charge >= 0.3 is 0 Å². The fourth-order valence-electron chi connectivity index (χ4n) is 1.92. The van der Waals surface area contributed by atoms with Crippen LogP contribution in [0, 0.1) is 19.8 Å². The van der Waals surface area contributed by atoms with Crippen LogP contribution in [0.3, 0.4) is 0 Å². The van der Waals surface area contributed by atoms with Gasteiger partial charge in [-0.15, -0.1) is 0 Å². The van der Waals surface area contributed by atoms with Crippen molar-refractivity contribution in [2.75, 3.05) is 6.61 Å². The second-order valence-electron chi connectivity index (χ2n) is 4.79. The molecule has 0 aliphatic carbocycles. The maximum absolute atomic E-state index is 9.10.